The zero-order valence-electron chi connectivity index (χ0n) is 21.9. The first kappa shape index (κ1) is 27.2. The summed E-state index contributed by atoms with van der Waals surface area (Å²) >= 11 is 0. The van der Waals surface area contributed by atoms with Gasteiger partial charge in [0.1, 0.15) is 0 Å². The Morgan fingerprint density at radius 2 is 1.76 bits per heavy atom. The minimum atomic E-state index is -4.27. The Hall–Kier alpha value is -2.40. The number of rotatable bonds is 6. The average molecular weight is 538 g/mol. The second-order valence-corrected chi connectivity index (χ2v) is 11.3. The third-order valence-electron chi connectivity index (χ3n) is 8.44. The van der Waals surface area contributed by atoms with Crippen molar-refractivity contribution in [3.63, 3.8) is 0 Å². The van der Waals surface area contributed by atoms with Crippen LogP contribution in [0.25, 0.3) is 5.52 Å². The molecule has 0 bridgehead atoms. The minimum absolute atomic E-state index is 0.0414. The summed E-state index contributed by atoms with van der Waals surface area (Å²) in [6.45, 7) is 4.01. The number of amides is 1. The summed E-state index contributed by atoms with van der Waals surface area (Å²) in [7, 11) is 0. The third-order valence-corrected chi connectivity index (χ3v) is 8.44. The van der Waals surface area contributed by atoms with E-state index in [0.717, 1.165) is 68.1 Å². The van der Waals surface area contributed by atoms with E-state index in [1.807, 2.05) is 9.42 Å². The largest absolute Gasteiger partial charge is 0.393 e. The molecule has 0 unspecified atom stereocenters. The Morgan fingerprint density at radius 3 is 2.42 bits per heavy atom. The van der Waals surface area contributed by atoms with E-state index in [0.29, 0.717) is 26.3 Å². The Balaban J connectivity index is 1.36. The molecule has 2 aliphatic carbocycles. The summed E-state index contributed by atoms with van der Waals surface area (Å²) in [4.78, 5) is 19.3. The number of alkyl halides is 3. The first-order valence-electron chi connectivity index (χ1n) is 13.9. The first-order chi connectivity index (χ1) is 18.2. The van der Waals surface area contributed by atoms with Gasteiger partial charge >= 0.3 is 6.18 Å². The number of hydrogen-bond acceptors (Lipinski definition) is 6. The van der Waals surface area contributed by atoms with E-state index in [9.17, 15) is 23.1 Å². The molecule has 2 aromatic rings. The molecule has 3 fully saturated rings. The highest BCUT2D eigenvalue weighted by atomic mass is 19.4. The molecule has 2 saturated carbocycles. The van der Waals surface area contributed by atoms with Crippen LogP contribution in [0, 0.1) is 5.92 Å². The molecule has 1 saturated heterocycles. The van der Waals surface area contributed by atoms with Gasteiger partial charge in [0.05, 0.1) is 37.5 Å². The molecule has 3 aliphatic rings. The third kappa shape index (κ3) is 6.25. The monoisotopic (exact) mass is 537 g/mol. The maximum Gasteiger partial charge on any atom is 0.391 e. The van der Waals surface area contributed by atoms with Gasteiger partial charge in [-0.1, -0.05) is 0 Å². The van der Waals surface area contributed by atoms with Crippen LogP contribution in [-0.2, 0) is 9.53 Å². The van der Waals surface area contributed by atoms with Crippen LogP contribution in [0.15, 0.2) is 12.3 Å². The van der Waals surface area contributed by atoms with E-state index in [-0.39, 0.29) is 35.7 Å². The number of anilines is 1. The minimum Gasteiger partial charge on any atom is -0.393 e. The van der Waals surface area contributed by atoms with E-state index in [4.69, 9.17) is 4.74 Å². The fraction of sp³-hybridized carbons (Fsp3) is 0.741. The normalized spacial score (nSPS) is 27.9. The maximum absolute atomic E-state index is 13.0. The van der Waals surface area contributed by atoms with Crippen LogP contribution in [-0.4, -0.2) is 75.1 Å². The molecule has 38 heavy (non-hydrogen) atoms. The van der Waals surface area contributed by atoms with Crippen molar-refractivity contribution in [3.8, 4) is 0 Å². The Labute approximate surface area is 220 Å². The van der Waals surface area contributed by atoms with Gasteiger partial charge in [-0.15, -0.1) is 5.10 Å². The van der Waals surface area contributed by atoms with Crippen molar-refractivity contribution in [1.82, 2.24) is 19.5 Å². The number of nitrogens with one attached hydrogen (secondary N) is 1. The number of fused-ring (bicyclic) bond motifs is 1. The summed E-state index contributed by atoms with van der Waals surface area (Å²) in [5.41, 5.74) is 3.06. The zero-order valence-corrected chi connectivity index (χ0v) is 21.9. The van der Waals surface area contributed by atoms with Crippen LogP contribution in [0.3, 0.4) is 0 Å². The zero-order chi connectivity index (χ0) is 26.9. The van der Waals surface area contributed by atoms with Crippen molar-refractivity contribution >= 4 is 17.4 Å². The number of carbonyl (C=O) groups is 1. The molecule has 0 radical (unpaired) electrons. The van der Waals surface area contributed by atoms with Gasteiger partial charge in [-0.25, -0.2) is 9.50 Å². The highest BCUT2D eigenvalue weighted by Crippen LogP contribution is 2.42. The average Bonchev–Trinajstić information content (AvgIpc) is 3.27. The van der Waals surface area contributed by atoms with Gasteiger partial charge in [0.2, 0.25) is 11.9 Å². The topological polar surface area (TPSA) is 92.0 Å². The number of morpholine rings is 1. The van der Waals surface area contributed by atoms with Crippen LogP contribution in [0.2, 0.25) is 0 Å². The van der Waals surface area contributed by atoms with Crippen molar-refractivity contribution < 1.29 is 27.8 Å². The predicted molar refractivity (Wildman–Crippen MR) is 136 cm³/mol. The molecule has 1 atom stereocenters. The summed E-state index contributed by atoms with van der Waals surface area (Å²) in [6, 6.07) is 1.35. The van der Waals surface area contributed by atoms with Crippen LogP contribution in [0.4, 0.5) is 19.1 Å². The number of aliphatic hydroxyl groups is 1. The standard InChI is InChI=1S/C27H38F3N5O3/c1-17(15-27(28,29)30)32-26-31-16-24-22(14-23(35(24)33-26)19-6-8-21(36)9-7-19)18-2-4-20(5-3-18)25(37)34-10-12-38-13-11-34/h14,16-21,36H,2-13,15H2,1H3,(H,32,33)/t17-,18?,19?,20?,21?/m0/s1. The van der Waals surface area contributed by atoms with E-state index < -0.39 is 18.6 Å². The van der Waals surface area contributed by atoms with Crippen molar-refractivity contribution in [2.75, 3.05) is 31.6 Å². The fourth-order valence-corrected chi connectivity index (χ4v) is 6.41. The van der Waals surface area contributed by atoms with Crippen LogP contribution in [0.5, 0.6) is 0 Å². The van der Waals surface area contributed by atoms with Gasteiger partial charge in [-0.05, 0) is 75.8 Å². The Morgan fingerprint density at radius 1 is 1.11 bits per heavy atom. The van der Waals surface area contributed by atoms with Crippen molar-refractivity contribution in [2.24, 2.45) is 5.92 Å². The van der Waals surface area contributed by atoms with Crippen molar-refractivity contribution in [2.45, 2.75) is 94.9 Å². The maximum atomic E-state index is 13.0. The lowest BCUT2D eigenvalue weighted by Gasteiger charge is -2.34. The summed E-state index contributed by atoms with van der Waals surface area (Å²) in [6.07, 6.45) is 2.77. The molecule has 8 nitrogen and oxygen atoms in total. The van der Waals surface area contributed by atoms with Gasteiger partial charge in [0.15, 0.2) is 0 Å². The van der Waals surface area contributed by atoms with E-state index in [2.05, 4.69) is 21.5 Å². The lowest BCUT2D eigenvalue weighted by atomic mass is 9.78. The molecule has 210 valence electrons. The second-order valence-electron chi connectivity index (χ2n) is 11.3. The van der Waals surface area contributed by atoms with E-state index >= 15 is 0 Å². The molecular formula is C27H38F3N5O3. The molecule has 11 heteroatoms. The Kier molecular flexibility index (Phi) is 8.14. The molecule has 3 heterocycles. The number of halogens is 3. The quantitative estimate of drug-likeness (QED) is 0.558. The SMILES string of the molecule is C[C@@H](CC(F)(F)F)Nc1ncc2c(C3CCC(C(=O)N4CCOCC4)CC3)cc(C3CCC(O)CC3)n2n1. The highest BCUT2D eigenvalue weighted by Gasteiger charge is 2.34. The molecule has 2 aromatic heterocycles. The summed E-state index contributed by atoms with van der Waals surface area (Å²) < 4.78 is 45.8. The van der Waals surface area contributed by atoms with E-state index in [1.165, 1.54) is 6.92 Å². The fourth-order valence-electron chi connectivity index (χ4n) is 6.41. The second kappa shape index (κ2) is 11.4. The van der Waals surface area contributed by atoms with Gasteiger partial charge in [0, 0.05) is 36.7 Å². The number of aliphatic hydroxyl groups excluding tert-OH is 1. The van der Waals surface area contributed by atoms with Gasteiger partial charge in [-0.3, -0.25) is 4.79 Å². The Bertz CT molecular complexity index is 1100. The molecule has 5 rings (SSSR count). The van der Waals surface area contributed by atoms with Crippen molar-refractivity contribution in [3.05, 3.63) is 23.5 Å². The molecule has 1 aliphatic heterocycles. The number of carbonyl (C=O) groups excluding carboxylic acids is 1. The molecular weight excluding hydrogens is 499 g/mol. The van der Waals surface area contributed by atoms with Gasteiger partial charge in [0.25, 0.3) is 0 Å². The molecule has 1 amide bonds. The van der Waals surface area contributed by atoms with Gasteiger partial charge in [-0.2, -0.15) is 13.2 Å². The smallest absolute Gasteiger partial charge is 0.391 e. The predicted octanol–water partition coefficient (Wildman–Crippen LogP) is 4.63. The lowest BCUT2D eigenvalue weighted by Crippen LogP contribution is -2.44. The number of aromatic nitrogens is 3. The molecule has 2 N–H and O–H groups in total. The lowest BCUT2D eigenvalue weighted by molar-refractivity contribution is -0.140. The number of ether oxygens (including phenoxy) is 1. The highest BCUT2D eigenvalue weighted by molar-refractivity contribution is 5.79. The summed E-state index contributed by atoms with van der Waals surface area (Å²) in [5, 5.41) is 17.5. The van der Waals surface area contributed by atoms with Crippen LogP contribution < -0.4 is 5.32 Å². The molecule has 0 aromatic carbocycles. The van der Waals surface area contributed by atoms with Crippen LogP contribution in [0.1, 0.15) is 87.8 Å². The summed E-state index contributed by atoms with van der Waals surface area (Å²) in [5.74, 6) is 0.942. The van der Waals surface area contributed by atoms with Crippen LogP contribution >= 0.6 is 0 Å². The number of nitrogens with zero attached hydrogens (tertiary/aromatic N) is 4. The van der Waals surface area contributed by atoms with Gasteiger partial charge < -0.3 is 20.1 Å². The molecule has 0 spiro atoms. The first-order valence-corrected chi connectivity index (χ1v) is 13.9. The van der Waals surface area contributed by atoms with Crippen molar-refractivity contribution in [1.29, 1.82) is 0 Å². The van der Waals surface area contributed by atoms with E-state index in [1.54, 1.807) is 6.20 Å². The number of hydrogen-bond donors (Lipinski definition) is 2.